The van der Waals surface area contributed by atoms with Gasteiger partial charge in [0.1, 0.15) is 0 Å². The number of hydrogen-bond donors (Lipinski definition) is 0. The first kappa shape index (κ1) is 25.7. The summed E-state index contributed by atoms with van der Waals surface area (Å²) in [6.07, 6.45) is -2.19. The van der Waals surface area contributed by atoms with Gasteiger partial charge in [-0.15, -0.1) is 0 Å². The highest BCUT2D eigenvalue weighted by Gasteiger charge is 2.44. The third-order valence-electron chi connectivity index (χ3n) is 2.51. The molecule has 0 aromatic carbocycles. The largest absolute Gasteiger partial charge is 0.518 e. The molecule has 0 bridgehead atoms. The van der Waals surface area contributed by atoms with Gasteiger partial charge in [-0.1, -0.05) is 0 Å². The number of hydrogen-bond acceptors (Lipinski definition) is 6. The molecule has 0 spiro atoms. The first-order valence-corrected chi connectivity index (χ1v) is 22.6. The molecular weight excluding hydrogens is 401 g/mol. The maximum absolute atomic E-state index is 12.9. The van der Waals surface area contributed by atoms with Crippen molar-refractivity contribution < 1.29 is 27.3 Å². The van der Waals surface area contributed by atoms with Gasteiger partial charge in [-0.3, -0.25) is 9.59 Å². The Morgan fingerprint density at radius 1 is 0.500 bits per heavy atom. The minimum atomic E-state index is -2.15. The van der Waals surface area contributed by atoms with Crippen LogP contribution in [0.4, 0.5) is 0 Å². The van der Waals surface area contributed by atoms with Gasteiger partial charge in [-0.05, 0) is 78.6 Å². The van der Waals surface area contributed by atoms with Gasteiger partial charge in [0.25, 0.3) is 0 Å². The lowest BCUT2D eigenvalue weighted by atomic mass is 10.2. The molecule has 2 unspecified atom stereocenters. The minimum Gasteiger partial charge on any atom is -0.518 e. The summed E-state index contributed by atoms with van der Waals surface area (Å²) in [6.45, 7) is 23.3. The molecule has 0 aliphatic heterocycles. The normalized spacial score (nSPS) is 16.0. The van der Waals surface area contributed by atoms with Crippen LogP contribution in [-0.2, 0) is 27.3 Å². The van der Waals surface area contributed by atoms with E-state index in [-0.39, 0.29) is 0 Å². The number of carbonyl (C=O) groups excluding carboxylic acids is 2. The van der Waals surface area contributed by atoms with Gasteiger partial charge in [0.05, 0.1) is 0 Å². The summed E-state index contributed by atoms with van der Waals surface area (Å²) < 4.78 is 23.5. The zero-order chi connectivity index (χ0) is 21.1. The number of rotatable bonds is 9. The molecule has 10 heteroatoms. The van der Waals surface area contributed by atoms with E-state index >= 15 is 0 Å². The Hall–Kier alpha value is -0.272. The molecule has 0 aliphatic rings. The average molecular weight is 439 g/mol. The molecule has 0 heterocycles. The Balaban J connectivity index is 5.89. The molecule has 0 saturated carbocycles. The average Bonchev–Trinajstić information content (AvgIpc) is 2.26. The highest BCUT2D eigenvalue weighted by Crippen LogP contribution is 2.22. The monoisotopic (exact) mass is 438 g/mol. The van der Waals surface area contributed by atoms with Crippen molar-refractivity contribution in [3.8, 4) is 0 Å². The predicted molar refractivity (Wildman–Crippen MR) is 115 cm³/mol. The van der Waals surface area contributed by atoms with Crippen molar-refractivity contribution >= 4 is 45.2 Å². The topological polar surface area (TPSA) is 71.1 Å². The van der Waals surface area contributed by atoms with Crippen LogP contribution in [0.3, 0.4) is 0 Å². The van der Waals surface area contributed by atoms with Crippen molar-refractivity contribution in [2.45, 2.75) is 90.8 Å². The number of carbonyl (C=O) groups is 2. The van der Waals surface area contributed by atoms with Crippen molar-refractivity contribution in [2.75, 3.05) is 0 Å². The zero-order valence-corrected chi connectivity index (χ0v) is 22.6. The second kappa shape index (κ2) is 8.82. The maximum atomic E-state index is 12.9. The Kier molecular flexibility index (Phi) is 8.73. The Morgan fingerprint density at radius 2 is 0.731 bits per heavy atom. The molecule has 0 radical (unpaired) electrons. The molecule has 0 aromatic heterocycles. The zero-order valence-electron chi connectivity index (χ0n) is 18.6. The van der Waals surface area contributed by atoms with Gasteiger partial charge in [-0.25, -0.2) is 0 Å². The second-order valence-electron chi connectivity index (χ2n) is 10.4. The third kappa shape index (κ3) is 12.2. The van der Waals surface area contributed by atoms with Crippen LogP contribution in [0.5, 0.6) is 0 Å². The SMILES string of the molecule is C[Si](C)(C)OC(=O)C(O[Si](C)(C)C)C(O[Si](C)(C)C)C(=O)O[Si](C)(C)C. The maximum Gasteiger partial charge on any atom is 0.324 e. The summed E-state index contributed by atoms with van der Waals surface area (Å²) in [4.78, 5) is 25.8. The summed E-state index contributed by atoms with van der Waals surface area (Å²) in [6, 6.07) is 0. The van der Waals surface area contributed by atoms with Crippen LogP contribution in [0.25, 0.3) is 0 Å². The summed E-state index contributed by atoms with van der Waals surface area (Å²) in [7, 11) is -8.59. The van der Waals surface area contributed by atoms with Crippen LogP contribution < -0.4 is 0 Å². The van der Waals surface area contributed by atoms with Crippen LogP contribution in [0, 0.1) is 0 Å². The standard InChI is InChI=1S/C16H38O6Si4/c1-23(2,3)19-13(15(17)21-25(7,8)9)14(20-24(4,5)6)16(18)22-26(10,11)12/h13-14H,1-12H3. The van der Waals surface area contributed by atoms with Crippen molar-refractivity contribution in [1.29, 1.82) is 0 Å². The van der Waals surface area contributed by atoms with Gasteiger partial charge in [0.15, 0.2) is 28.8 Å². The fourth-order valence-electron chi connectivity index (χ4n) is 1.95. The summed E-state index contributed by atoms with van der Waals surface area (Å²) in [5, 5.41) is 0. The Morgan fingerprint density at radius 3 is 0.885 bits per heavy atom. The molecule has 0 aliphatic carbocycles. The highest BCUT2D eigenvalue weighted by atomic mass is 28.4. The van der Waals surface area contributed by atoms with Crippen LogP contribution in [0.1, 0.15) is 0 Å². The molecule has 0 amide bonds. The summed E-state index contributed by atoms with van der Waals surface area (Å²) in [5.41, 5.74) is 0. The van der Waals surface area contributed by atoms with E-state index in [2.05, 4.69) is 0 Å². The summed E-state index contributed by atoms with van der Waals surface area (Å²) >= 11 is 0. The highest BCUT2D eigenvalue weighted by molar-refractivity contribution is 6.72. The Labute approximate surface area is 163 Å². The van der Waals surface area contributed by atoms with E-state index in [0.29, 0.717) is 0 Å². The molecule has 2 atom stereocenters. The fraction of sp³-hybridized carbons (Fsp3) is 0.875. The van der Waals surface area contributed by atoms with Gasteiger partial charge in [-0.2, -0.15) is 0 Å². The third-order valence-corrected chi connectivity index (χ3v) is 6.06. The van der Waals surface area contributed by atoms with Crippen LogP contribution in [0.15, 0.2) is 0 Å². The van der Waals surface area contributed by atoms with Crippen LogP contribution >= 0.6 is 0 Å². The molecule has 0 aromatic rings. The Bertz CT molecular complexity index is 451. The van der Waals surface area contributed by atoms with Gasteiger partial charge in [0.2, 0.25) is 16.6 Å². The smallest absolute Gasteiger partial charge is 0.324 e. The molecule has 0 fully saturated rings. The first-order chi connectivity index (χ1) is 11.2. The van der Waals surface area contributed by atoms with E-state index < -0.39 is 57.4 Å². The van der Waals surface area contributed by atoms with Crippen molar-refractivity contribution in [3.63, 3.8) is 0 Å². The lowest BCUT2D eigenvalue weighted by Crippen LogP contribution is -2.55. The van der Waals surface area contributed by atoms with Crippen molar-refractivity contribution in [3.05, 3.63) is 0 Å². The molecule has 154 valence electrons. The predicted octanol–water partition coefficient (Wildman–Crippen LogP) is 4.18. The van der Waals surface area contributed by atoms with Gasteiger partial charge in [0, 0.05) is 0 Å². The van der Waals surface area contributed by atoms with E-state index in [4.69, 9.17) is 17.7 Å². The molecule has 26 heavy (non-hydrogen) atoms. The first-order valence-electron chi connectivity index (χ1n) is 9.02. The molecular formula is C16H38O6Si4. The van der Waals surface area contributed by atoms with Crippen LogP contribution in [-0.4, -0.2) is 57.4 Å². The second-order valence-corrected chi connectivity index (χ2v) is 28.1. The fourth-order valence-corrected chi connectivity index (χ4v) is 5.35. The van der Waals surface area contributed by atoms with E-state index in [1.807, 2.05) is 78.6 Å². The quantitative estimate of drug-likeness (QED) is 0.503. The van der Waals surface area contributed by atoms with E-state index in [1.165, 1.54) is 0 Å². The minimum absolute atomic E-state index is 0.526. The van der Waals surface area contributed by atoms with Gasteiger partial charge >= 0.3 is 11.9 Å². The molecule has 0 rings (SSSR count). The lowest BCUT2D eigenvalue weighted by Gasteiger charge is -2.35. The summed E-state index contributed by atoms with van der Waals surface area (Å²) in [5.74, 6) is -1.05. The molecule has 6 nitrogen and oxygen atoms in total. The van der Waals surface area contributed by atoms with Crippen LogP contribution in [0.2, 0.25) is 78.6 Å². The van der Waals surface area contributed by atoms with E-state index in [1.54, 1.807) is 0 Å². The van der Waals surface area contributed by atoms with Crippen molar-refractivity contribution in [2.24, 2.45) is 0 Å². The van der Waals surface area contributed by atoms with E-state index in [9.17, 15) is 9.59 Å². The van der Waals surface area contributed by atoms with Crippen molar-refractivity contribution in [1.82, 2.24) is 0 Å². The van der Waals surface area contributed by atoms with Gasteiger partial charge < -0.3 is 17.7 Å². The lowest BCUT2D eigenvalue weighted by molar-refractivity contribution is -0.160. The van der Waals surface area contributed by atoms with E-state index in [0.717, 1.165) is 0 Å². The molecule has 0 N–H and O–H groups in total. The molecule has 0 saturated heterocycles.